The zero-order chi connectivity index (χ0) is 16.7. The maximum absolute atomic E-state index is 7.14. The molecule has 0 aromatic carbocycles. The fourth-order valence-corrected chi connectivity index (χ4v) is 9.71. The van der Waals surface area contributed by atoms with Crippen LogP contribution >= 0.6 is 11.1 Å². The van der Waals surface area contributed by atoms with Gasteiger partial charge in [-0.15, -0.1) is 11.1 Å². The van der Waals surface area contributed by atoms with Crippen LogP contribution in [0.1, 0.15) is 83.1 Å². The topological polar surface area (TPSA) is 6.48 Å². The zero-order valence-electron chi connectivity index (χ0n) is 15.8. The summed E-state index contributed by atoms with van der Waals surface area (Å²) in [4.78, 5) is 0. The van der Waals surface area contributed by atoms with Gasteiger partial charge in [0.1, 0.15) is 0 Å². The van der Waals surface area contributed by atoms with Gasteiger partial charge in [-0.25, -0.2) is 0 Å². The normalized spacial score (nSPS) is 15.6. The summed E-state index contributed by atoms with van der Waals surface area (Å²) in [5.74, 6) is 0. The third-order valence-corrected chi connectivity index (χ3v) is 8.44. The number of nitrogens with zero attached hydrogens (tertiary/aromatic N) is 2. The Hall–Kier alpha value is 0.427. The predicted octanol–water partition coefficient (Wildman–Crippen LogP) is 4.74. The minimum absolute atomic E-state index is 0.0611. The van der Waals surface area contributed by atoms with Crippen LogP contribution in [0.2, 0.25) is 0 Å². The first kappa shape index (κ1) is 20.4. The van der Waals surface area contributed by atoms with Crippen molar-refractivity contribution < 1.29 is 0 Å². The molecule has 0 aromatic rings. The quantitative estimate of drug-likeness (QED) is 0.535. The van der Waals surface area contributed by atoms with E-state index < -0.39 is 8.43 Å². The van der Waals surface area contributed by atoms with Gasteiger partial charge in [0.15, 0.2) is 0 Å². The van der Waals surface area contributed by atoms with Crippen LogP contribution in [0.15, 0.2) is 0 Å². The molecule has 0 heterocycles. The highest BCUT2D eigenvalue weighted by Crippen LogP contribution is 2.35. The van der Waals surface area contributed by atoms with Crippen LogP contribution < -0.4 is 0 Å². The average Bonchev–Trinajstić information content (AvgIpc) is 1.88. The van der Waals surface area contributed by atoms with Gasteiger partial charge in [-0.3, -0.25) is 9.13 Å². The molecule has 0 saturated carbocycles. The molecule has 0 aromatic heterocycles. The third kappa shape index (κ3) is 5.32. The van der Waals surface area contributed by atoms with Gasteiger partial charge >= 0.3 is 0 Å². The molecular weight excluding hydrogens is 284 g/mol. The van der Waals surface area contributed by atoms with E-state index in [-0.39, 0.29) is 22.2 Å². The number of halogens is 1. The maximum atomic E-state index is 7.14. The fraction of sp³-hybridized carbons (Fsp3) is 1.00. The number of hydrogen-bond acceptors (Lipinski definition) is 2. The van der Waals surface area contributed by atoms with Crippen LogP contribution in [0, 0.1) is 0 Å². The summed E-state index contributed by atoms with van der Waals surface area (Å²) in [5, 5.41) is 0. The monoisotopic (exact) mass is 320 g/mol. The van der Waals surface area contributed by atoms with Gasteiger partial charge in [-0.05, 0) is 83.1 Å². The smallest absolute Gasteiger partial charge is 0.293 e. The molecule has 0 rings (SSSR count). The molecule has 20 heavy (non-hydrogen) atoms. The van der Waals surface area contributed by atoms with E-state index in [1.807, 2.05) is 0 Å². The summed E-state index contributed by atoms with van der Waals surface area (Å²) in [6, 6.07) is 0. The Balaban J connectivity index is 5.81. The highest BCUT2D eigenvalue weighted by atomic mass is 35.6. The molecule has 0 amide bonds. The summed E-state index contributed by atoms with van der Waals surface area (Å²) in [5.41, 5.74) is 0.245. The average molecular weight is 321 g/mol. The van der Waals surface area contributed by atoms with Crippen LogP contribution in [0.3, 0.4) is 0 Å². The maximum Gasteiger partial charge on any atom is 0.293 e. The van der Waals surface area contributed by atoms with Crippen LogP contribution in [-0.2, 0) is 0 Å². The van der Waals surface area contributed by atoms with Gasteiger partial charge in [-0.1, -0.05) is 0 Å². The van der Waals surface area contributed by atoms with Crippen LogP contribution in [0.4, 0.5) is 0 Å². The molecule has 4 heteroatoms. The zero-order valence-corrected chi connectivity index (χ0v) is 17.8. The van der Waals surface area contributed by atoms with Gasteiger partial charge in [0.05, 0.1) is 0 Å². The summed E-state index contributed by atoms with van der Waals surface area (Å²) < 4.78 is 5.08. The Morgan fingerprint density at radius 3 is 0.750 bits per heavy atom. The molecule has 0 spiro atoms. The Morgan fingerprint density at radius 2 is 0.650 bits per heavy atom. The minimum Gasteiger partial charge on any atom is -0.293 e. The fourth-order valence-electron chi connectivity index (χ4n) is 3.41. The lowest BCUT2D eigenvalue weighted by molar-refractivity contribution is 0.0746. The van der Waals surface area contributed by atoms with Crippen molar-refractivity contribution in [1.82, 2.24) is 9.13 Å². The first-order chi connectivity index (χ1) is 8.40. The molecule has 0 radical (unpaired) electrons. The molecule has 0 fully saturated rings. The van der Waals surface area contributed by atoms with Crippen molar-refractivity contribution in [1.29, 1.82) is 0 Å². The molecular formula is C16H37ClN2Si. The molecule has 122 valence electrons. The lowest BCUT2D eigenvalue weighted by Crippen LogP contribution is -2.70. The third-order valence-electron chi connectivity index (χ3n) is 3.32. The van der Waals surface area contributed by atoms with E-state index in [4.69, 9.17) is 11.1 Å². The summed E-state index contributed by atoms with van der Waals surface area (Å²) in [6.07, 6.45) is 0. The Labute approximate surface area is 134 Å². The van der Waals surface area contributed by atoms with Crippen LogP contribution in [0.25, 0.3) is 0 Å². The Kier molecular flexibility index (Phi) is 6.03. The lowest BCUT2D eigenvalue weighted by atomic mass is 10.0. The molecule has 2 nitrogen and oxygen atoms in total. The largest absolute Gasteiger partial charge is 0.293 e. The van der Waals surface area contributed by atoms with Gasteiger partial charge in [0.2, 0.25) is 0 Å². The van der Waals surface area contributed by atoms with Crippen molar-refractivity contribution in [3.05, 3.63) is 0 Å². The second kappa shape index (κ2) is 5.90. The number of rotatable bonds is 2. The van der Waals surface area contributed by atoms with E-state index >= 15 is 0 Å². The second-order valence-corrected chi connectivity index (χ2v) is 12.6. The van der Waals surface area contributed by atoms with Crippen molar-refractivity contribution >= 4 is 19.5 Å². The molecule has 0 aliphatic carbocycles. The van der Waals surface area contributed by atoms with Crippen molar-refractivity contribution in [2.45, 2.75) is 105 Å². The van der Waals surface area contributed by atoms with E-state index in [0.717, 1.165) is 0 Å². The molecule has 0 aliphatic rings. The van der Waals surface area contributed by atoms with Gasteiger partial charge in [-0.2, -0.15) is 0 Å². The van der Waals surface area contributed by atoms with Crippen LogP contribution in [0.5, 0.6) is 0 Å². The lowest BCUT2D eigenvalue weighted by Gasteiger charge is -2.56. The Bertz CT molecular complexity index is 255. The van der Waals surface area contributed by atoms with E-state index in [2.05, 4.69) is 92.2 Å². The van der Waals surface area contributed by atoms with Crippen LogP contribution in [-0.4, -0.2) is 39.7 Å². The van der Waals surface area contributed by atoms with E-state index in [1.54, 1.807) is 0 Å². The van der Waals surface area contributed by atoms with Crippen molar-refractivity contribution in [3.63, 3.8) is 0 Å². The standard InChI is InChI=1S/C16H37ClN2Si/c1-13(2,3)18(14(4,5)6)20(17)19(15(7,8)9)16(10,11)12/h20H,1-12H3. The van der Waals surface area contributed by atoms with E-state index in [9.17, 15) is 0 Å². The Morgan fingerprint density at radius 1 is 0.500 bits per heavy atom. The molecule has 0 bridgehead atoms. The molecule has 0 saturated heterocycles. The summed E-state index contributed by atoms with van der Waals surface area (Å²) >= 11 is 7.14. The summed E-state index contributed by atoms with van der Waals surface area (Å²) in [6.45, 7) is 27.2. The van der Waals surface area contributed by atoms with E-state index in [1.165, 1.54) is 0 Å². The van der Waals surface area contributed by atoms with Gasteiger partial charge in [0, 0.05) is 22.2 Å². The van der Waals surface area contributed by atoms with Crippen molar-refractivity contribution in [2.75, 3.05) is 0 Å². The predicted molar refractivity (Wildman–Crippen MR) is 95.7 cm³/mol. The van der Waals surface area contributed by atoms with Crippen molar-refractivity contribution in [3.8, 4) is 0 Å². The second-order valence-electron chi connectivity index (χ2n) is 9.73. The first-order valence-corrected chi connectivity index (χ1v) is 10.4. The highest BCUT2D eigenvalue weighted by Gasteiger charge is 2.46. The van der Waals surface area contributed by atoms with Gasteiger partial charge < -0.3 is 0 Å². The van der Waals surface area contributed by atoms with E-state index in [0.29, 0.717) is 0 Å². The van der Waals surface area contributed by atoms with Crippen molar-refractivity contribution in [2.24, 2.45) is 0 Å². The highest BCUT2D eigenvalue weighted by molar-refractivity contribution is 7.03. The number of hydrogen-bond donors (Lipinski definition) is 0. The first-order valence-electron chi connectivity index (χ1n) is 7.63. The molecule has 0 atom stereocenters. The minimum atomic E-state index is -1.79. The van der Waals surface area contributed by atoms with Gasteiger partial charge in [0.25, 0.3) is 8.43 Å². The SMILES string of the molecule is CC(C)(C)N([SiH](Cl)N(C(C)(C)C)C(C)(C)C)C(C)(C)C. The molecule has 0 aliphatic heterocycles. The molecule has 0 N–H and O–H groups in total. The summed E-state index contributed by atoms with van der Waals surface area (Å²) in [7, 11) is -1.79. The molecule has 0 unspecified atom stereocenters.